The molecule has 0 aliphatic heterocycles. The molecule has 0 radical (unpaired) electrons. The van der Waals surface area contributed by atoms with Crippen LogP contribution in [0.15, 0.2) is 47.1 Å². The highest BCUT2D eigenvalue weighted by atomic mass is 35.5. The predicted octanol–water partition coefficient (Wildman–Crippen LogP) is 6.05. The molecule has 0 fully saturated rings. The van der Waals surface area contributed by atoms with Crippen LogP contribution in [0.2, 0.25) is 5.02 Å². The average Bonchev–Trinajstić information content (AvgIpc) is 3.41. The molecule has 2 aromatic carbocycles. The molecule has 0 aliphatic rings. The van der Waals surface area contributed by atoms with Gasteiger partial charge < -0.3 is 14.2 Å². The highest BCUT2D eigenvalue weighted by Crippen LogP contribution is 2.38. The molecule has 0 bridgehead atoms. The van der Waals surface area contributed by atoms with Gasteiger partial charge in [0, 0.05) is 40.8 Å². The maximum absolute atomic E-state index is 13.3. The second kappa shape index (κ2) is 9.02. The Morgan fingerprint density at radius 3 is 2.60 bits per heavy atom. The normalized spacial score (nSPS) is 12.7. The van der Waals surface area contributed by atoms with Crippen molar-refractivity contribution in [2.45, 2.75) is 26.1 Å². The van der Waals surface area contributed by atoms with Crippen LogP contribution in [0.5, 0.6) is 0 Å². The minimum absolute atomic E-state index is 0.0644. The lowest BCUT2D eigenvalue weighted by molar-refractivity contribution is -0.388. The van der Waals surface area contributed by atoms with Gasteiger partial charge in [-0.05, 0) is 36.8 Å². The maximum atomic E-state index is 13.3. The Labute approximate surface area is 199 Å². The number of carbonyl (C=O) groups is 1. The van der Waals surface area contributed by atoms with Crippen LogP contribution >= 0.6 is 11.6 Å². The van der Waals surface area contributed by atoms with E-state index in [0.717, 1.165) is 12.1 Å². The number of halogens is 4. The standard InChI is InChI=1S/C22H16ClF3N4O5/c1-2-11(21(31)32)9-29-10-16(23)14-7-12(3-5-17(14)29)19-27-20(35-28-19)13-4-6-18(30(33)34)15(8-13)22(24,25)26/h3-8,10-11H,2,9H2,1H3,(H,31,32). The van der Waals surface area contributed by atoms with E-state index in [1.165, 1.54) is 0 Å². The van der Waals surface area contributed by atoms with E-state index in [1.54, 1.807) is 35.9 Å². The summed E-state index contributed by atoms with van der Waals surface area (Å²) in [6.07, 6.45) is -2.89. The van der Waals surface area contributed by atoms with E-state index in [4.69, 9.17) is 16.1 Å². The Morgan fingerprint density at radius 1 is 1.26 bits per heavy atom. The Bertz CT molecular complexity index is 1450. The summed E-state index contributed by atoms with van der Waals surface area (Å²) in [6.45, 7) is 2.00. The molecule has 2 heterocycles. The van der Waals surface area contributed by atoms with Gasteiger partial charge in [0.25, 0.3) is 11.6 Å². The third-order valence-electron chi connectivity index (χ3n) is 5.52. The third-order valence-corrected chi connectivity index (χ3v) is 5.82. The predicted molar refractivity (Wildman–Crippen MR) is 119 cm³/mol. The molecule has 0 spiro atoms. The zero-order chi connectivity index (χ0) is 25.5. The number of rotatable bonds is 7. The molecule has 4 aromatic rings. The third kappa shape index (κ3) is 4.69. The van der Waals surface area contributed by atoms with E-state index in [0.29, 0.717) is 34.0 Å². The fourth-order valence-electron chi connectivity index (χ4n) is 3.68. The molecule has 0 saturated heterocycles. The number of nitrogens with zero attached hydrogens (tertiary/aromatic N) is 4. The highest BCUT2D eigenvalue weighted by Gasteiger charge is 2.38. The Kier molecular flexibility index (Phi) is 6.24. The number of carboxylic acid groups (broad SMARTS) is 1. The lowest BCUT2D eigenvalue weighted by Crippen LogP contribution is -2.18. The number of nitro groups is 1. The number of fused-ring (bicyclic) bond motifs is 1. The number of aliphatic carboxylic acids is 1. The molecule has 9 nitrogen and oxygen atoms in total. The van der Waals surface area contributed by atoms with E-state index in [9.17, 15) is 33.2 Å². The summed E-state index contributed by atoms with van der Waals surface area (Å²) < 4.78 is 46.7. The summed E-state index contributed by atoms with van der Waals surface area (Å²) in [6, 6.07) is 7.41. The van der Waals surface area contributed by atoms with Crippen LogP contribution in [0.3, 0.4) is 0 Å². The minimum Gasteiger partial charge on any atom is -0.481 e. The molecule has 182 valence electrons. The van der Waals surface area contributed by atoms with Gasteiger partial charge in [-0.1, -0.05) is 23.7 Å². The van der Waals surface area contributed by atoms with Crippen LogP contribution in [0, 0.1) is 16.0 Å². The lowest BCUT2D eigenvalue weighted by atomic mass is 10.1. The Balaban J connectivity index is 1.69. The topological polar surface area (TPSA) is 124 Å². The summed E-state index contributed by atoms with van der Waals surface area (Å²) in [4.78, 5) is 25.4. The molecular weight excluding hydrogens is 493 g/mol. The molecule has 0 amide bonds. The van der Waals surface area contributed by atoms with Crippen LogP contribution in [-0.2, 0) is 17.5 Å². The SMILES string of the molecule is CCC(Cn1cc(Cl)c2cc(-c3noc(-c4ccc([N+](=O)[O-])c(C(F)(F)F)c4)n3)ccc21)C(=O)O. The first-order chi connectivity index (χ1) is 16.5. The van der Waals surface area contributed by atoms with Gasteiger partial charge in [0.2, 0.25) is 5.82 Å². The van der Waals surface area contributed by atoms with Crippen molar-refractivity contribution in [3.05, 3.63) is 63.3 Å². The average molecular weight is 509 g/mol. The van der Waals surface area contributed by atoms with E-state index >= 15 is 0 Å². The highest BCUT2D eigenvalue weighted by molar-refractivity contribution is 6.35. The molecule has 0 aliphatic carbocycles. The van der Waals surface area contributed by atoms with Gasteiger partial charge in [-0.25, -0.2) is 0 Å². The number of hydrogen-bond donors (Lipinski definition) is 1. The molecule has 13 heteroatoms. The van der Waals surface area contributed by atoms with Gasteiger partial charge in [0.05, 0.1) is 15.9 Å². The second-order valence-electron chi connectivity index (χ2n) is 7.71. The van der Waals surface area contributed by atoms with E-state index < -0.39 is 34.2 Å². The van der Waals surface area contributed by atoms with Gasteiger partial charge in [-0.15, -0.1) is 0 Å². The molecular formula is C22H16ClF3N4O5. The van der Waals surface area contributed by atoms with Gasteiger partial charge in [-0.3, -0.25) is 14.9 Å². The van der Waals surface area contributed by atoms with Crippen molar-refractivity contribution in [1.29, 1.82) is 0 Å². The van der Waals surface area contributed by atoms with Crippen LogP contribution < -0.4 is 0 Å². The molecule has 1 unspecified atom stereocenters. The van der Waals surface area contributed by atoms with Crippen LogP contribution in [0.1, 0.15) is 18.9 Å². The van der Waals surface area contributed by atoms with Crippen molar-refractivity contribution >= 4 is 34.2 Å². The molecule has 1 N–H and O–H groups in total. The van der Waals surface area contributed by atoms with Crippen molar-refractivity contribution in [3.63, 3.8) is 0 Å². The summed E-state index contributed by atoms with van der Waals surface area (Å²) in [5.74, 6) is -1.70. The molecule has 2 aromatic heterocycles. The Hall–Kier alpha value is -3.93. The van der Waals surface area contributed by atoms with Crippen LogP contribution in [0.4, 0.5) is 18.9 Å². The van der Waals surface area contributed by atoms with E-state index in [2.05, 4.69) is 10.1 Å². The number of carboxylic acids is 1. The quantitative estimate of drug-likeness (QED) is 0.238. The monoisotopic (exact) mass is 508 g/mol. The fourth-order valence-corrected chi connectivity index (χ4v) is 3.95. The molecule has 4 rings (SSSR count). The fraction of sp³-hybridized carbons (Fsp3) is 0.227. The number of hydrogen-bond acceptors (Lipinski definition) is 6. The lowest BCUT2D eigenvalue weighted by Gasteiger charge is -2.12. The van der Waals surface area contributed by atoms with Gasteiger partial charge >= 0.3 is 12.1 Å². The molecule has 0 saturated carbocycles. The first-order valence-corrected chi connectivity index (χ1v) is 10.6. The zero-order valence-electron chi connectivity index (χ0n) is 17.9. The van der Waals surface area contributed by atoms with Crippen LogP contribution in [0.25, 0.3) is 33.7 Å². The smallest absolute Gasteiger partial charge is 0.423 e. The minimum atomic E-state index is -4.95. The Morgan fingerprint density at radius 2 is 1.97 bits per heavy atom. The first-order valence-electron chi connectivity index (χ1n) is 10.2. The maximum Gasteiger partial charge on any atom is 0.423 e. The van der Waals surface area contributed by atoms with Gasteiger partial charge in [-0.2, -0.15) is 18.2 Å². The van der Waals surface area contributed by atoms with Crippen molar-refractivity contribution in [2.24, 2.45) is 5.92 Å². The van der Waals surface area contributed by atoms with Gasteiger partial charge in [0.15, 0.2) is 0 Å². The van der Waals surface area contributed by atoms with Crippen molar-refractivity contribution in [3.8, 4) is 22.8 Å². The molecule has 35 heavy (non-hydrogen) atoms. The zero-order valence-corrected chi connectivity index (χ0v) is 18.7. The van der Waals surface area contributed by atoms with E-state index in [-0.39, 0.29) is 23.8 Å². The summed E-state index contributed by atoms with van der Waals surface area (Å²) >= 11 is 6.35. The van der Waals surface area contributed by atoms with Crippen molar-refractivity contribution in [1.82, 2.24) is 14.7 Å². The number of benzene rings is 2. The summed E-state index contributed by atoms with van der Waals surface area (Å²) in [5.41, 5.74) is -1.51. The van der Waals surface area contributed by atoms with Crippen LogP contribution in [-0.4, -0.2) is 30.7 Å². The molecule has 1 atom stereocenters. The number of aromatic nitrogens is 3. The number of alkyl halides is 3. The summed E-state index contributed by atoms with van der Waals surface area (Å²) in [5, 5.41) is 25.1. The first kappa shape index (κ1) is 24.2. The largest absolute Gasteiger partial charge is 0.481 e. The summed E-state index contributed by atoms with van der Waals surface area (Å²) in [7, 11) is 0. The van der Waals surface area contributed by atoms with Crippen molar-refractivity contribution in [2.75, 3.05) is 0 Å². The van der Waals surface area contributed by atoms with Gasteiger partial charge in [0.1, 0.15) is 5.56 Å². The van der Waals surface area contributed by atoms with E-state index in [1.807, 2.05) is 0 Å². The van der Waals surface area contributed by atoms with Crippen molar-refractivity contribution < 1.29 is 32.5 Å². The number of nitro benzene ring substituents is 1. The second-order valence-corrected chi connectivity index (χ2v) is 8.12.